The molecular weight excluding hydrogens is 296 g/mol. The fourth-order valence-electron chi connectivity index (χ4n) is 3.62. The normalized spacial score (nSPS) is 23.8. The van der Waals surface area contributed by atoms with Gasteiger partial charge >= 0.3 is 6.09 Å². The second-order valence-electron chi connectivity index (χ2n) is 6.68. The molecule has 0 radical (unpaired) electrons. The summed E-state index contributed by atoms with van der Waals surface area (Å²) >= 11 is 0. The summed E-state index contributed by atoms with van der Waals surface area (Å²) in [5.41, 5.74) is 1.96. The number of ether oxygens (including phenoxy) is 1. The molecule has 2 amide bonds. The summed E-state index contributed by atoms with van der Waals surface area (Å²) in [6.45, 7) is 6.81. The first kappa shape index (κ1) is 15.8. The van der Waals surface area contributed by atoms with Crippen molar-refractivity contribution in [2.75, 3.05) is 6.54 Å². The highest BCUT2D eigenvalue weighted by atomic mass is 16.6. The second kappa shape index (κ2) is 5.86. The van der Waals surface area contributed by atoms with Crippen LogP contribution in [0.3, 0.4) is 0 Å². The quantitative estimate of drug-likeness (QED) is 0.845. The molecular formula is C16H24N4O3. The number of rotatable bonds is 3. The average Bonchev–Trinajstić information content (AvgIpc) is 3.06. The average molecular weight is 320 g/mol. The van der Waals surface area contributed by atoms with Crippen LogP contribution in [0.5, 0.6) is 0 Å². The summed E-state index contributed by atoms with van der Waals surface area (Å²) in [6.07, 6.45) is 0.737. The largest absolute Gasteiger partial charge is 0.447 e. The zero-order valence-electron chi connectivity index (χ0n) is 14.2. The fraction of sp³-hybridized carbons (Fsp3) is 0.688. The number of hydrogen-bond acceptors (Lipinski definition) is 4. The Labute approximate surface area is 136 Å². The van der Waals surface area contributed by atoms with Crippen molar-refractivity contribution in [1.82, 2.24) is 19.6 Å². The maximum absolute atomic E-state index is 12.4. The lowest BCUT2D eigenvalue weighted by Gasteiger charge is -2.25. The predicted octanol–water partition coefficient (Wildman–Crippen LogP) is 1.45. The Morgan fingerprint density at radius 2 is 2.17 bits per heavy atom. The van der Waals surface area contributed by atoms with E-state index in [9.17, 15) is 9.59 Å². The Morgan fingerprint density at radius 1 is 1.43 bits per heavy atom. The number of hydrogen-bond donors (Lipinski definition) is 0. The van der Waals surface area contributed by atoms with Crippen molar-refractivity contribution in [3.05, 3.63) is 17.5 Å². The number of amides is 2. The third-order valence-corrected chi connectivity index (χ3v) is 4.62. The molecule has 23 heavy (non-hydrogen) atoms. The van der Waals surface area contributed by atoms with Crippen LogP contribution in [0.1, 0.15) is 38.1 Å². The molecule has 0 aliphatic carbocycles. The first-order chi connectivity index (χ1) is 10.9. The van der Waals surface area contributed by atoms with E-state index >= 15 is 0 Å². The maximum atomic E-state index is 12.4. The summed E-state index contributed by atoms with van der Waals surface area (Å²) < 4.78 is 7.11. The number of aromatic nitrogens is 2. The fourth-order valence-corrected chi connectivity index (χ4v) is 3.62. The van der Waals surface area contributed by atoms with Gasteiger partial charge in [0, 0.05) is 20.0 Å². The summed E-state index contributed by atoms with van der Waals surface area (Å²) in [5.74, 6) is 0.0981. The highest BCUT2D eigenvalue weighted by Crippen LogP contribution is 2.34. The topological polar surface area (TPSA) is 67.7 Å². The standard InChI is InChI=1S/C16H24N4O3/c1-10(2)23-16(22)19-6-5-13-14(19)8-15(21)20(13)9-12-7-11(3)17-18(12)4/h7,10,13-14H,5-6,8-9H2,1-4H3/t13-,14-/m0/s1. The lowest BCUT2D eigenvalue weighted by atomic mass is 10.1. The third-order valence-electron chi connectivity index (χ3n) is 4.62. The number of carbonyl (C=O) groups excluding carboxylic acids is 2. The van der Waals surface area contributed by atoms with Crippen molar-refractivity contribution < 1.29 is 14.3 Å². The smallest absolute Gasteiger partial charge is 0.410 e. The van der Waals surface area contributed by atoms with Crippen LogP contribution >= 0.6 is 0 Å². The molecule has 0 saturated carbocycles. The number of nitrogens with zero attached hydrogens (tertiary/aromatic N) is 4. The Kier molecular flexibility index (Phi) is 4.04. The van der Waals surface area contributed by atoms with Crippen LogP contribution in [0.25, 0.3) is 0 Å². The second-order valence-corrected chi connectivity index (χ2v) is 6.68. The van der Waals surface area contributed by atoms with Crippen LogP contribution in [0.15, 0.2) is 6.07 Å². The zero-order valence-corrected chi connectivity index (χ0v) is 14.2. The molecule has 126 valence electrons. The summed E-state index contributed by atoms with van der Waals surface area (Å²) in [5, 5.41) is 4.33. The van der Waals surface area contributed by atoms with Crippen molar-refractivity contribution in [3.63, 3.8) is 0 Å². The van der Waals surface area contributed by atoms with Crippen molar-refractivity contribution in [2.45, 2.75) is 58.3 Å². The Balaban J connectivity index is 1.72. The van der Waals surface area contributed by atoms with Gasteiger partial charge in [-0.2, -0.15) is 5.10 Å². The molecule has 0 unspecified atom stereocenters. The maximum Gasteiger partial charge on any atom is 0.410 e. The lowest BCUT2D eigenvalue weighted by molar-refractivity contribution is -0.129. The first-order valence-electron chi connectivity index (χ1n) is 8.13. The molecule has 3 rings (SSSR count). The minimum atomic E-state index is -0.307. The van der Waals surface area contributed by atoms with E-state index in [1.54, 1.807) is 4.90 Å². The van der Waals surface area contributed by atoms with E-state index in [1.165, 1.54) is 0 Å². The molecule has 1 aromatic heterocycles. The molecule has 0 bridgehead atoms. The number of aryl methyl sites for hydroxylation is 2. The van der Waals surface area contributed by atoms with Crippen LogP contribution < -0.4 is 0 Å². The monoisotopic (exact) mass is 320 g/mol. The Morgan fingerprint density at radius 3 is 2.78 bits per heavy atom. The molecule has 1 aromatic rings. The van der Waals surface area contributed by atoms with E-state index < -0.39 is 0 Å². The van der Waals surface area contributed by atoms with Gasteiger partial charge in [0.2, 0.25) is 5.91 Å². The Hall–Kier alpha value is -2.05. The summed E-state index contributed by atoms with van der Waals surface area (Å²) in [6, 6.07) is 2.01. The molecule has 3 heterocycles. The van der Waals surface area contributed by atoms with E-state index in [1.807, 2.05) is 43.5 Å². The predicted molar refractivity (Wildman–Crippen MR) is 83.6 cm³/mol. The first-order valence-corrected chi connectivity index (χ1v) is 8.13. The highest BCUT2D eigenvalue weighted by molar-refractivity contribution is 5.82. The summed E-state index contributed by atoms with van der Waals surface area (Å²) in [7, 11) is 1.89. The minimum Gasteiger partial charge on any atom is -0.447 e. The highest BCUT2D eigenvalue weighted by Gasteiger charge is 2.49. The van der Waals surface area contributed by atoms with Gasteiger partial charge in [-0.25, -0.2) is 4.79 Å². The lowest BCUT2D eigenvalue weighted by Crippen LogP contribution is -2.40. The van der Waals surface area contributed by atoms with Crippen molar-refractivity contribution in [1.29, 1.82) is 0 Å². The van der Waals surface area contributed by atoms with Crippen LogP contribution in [-0.2, 0) is 23.1 Å². The van der Waals surface area contributed by atoms with Crippen LogP contribution in [0.2, 0.25) is 0 Å². The molecule has 7 heteroatoms. The van der Waals surface area contributed by atoms with Gasteiger partial charge < -0.3 is 14.5 Å². The van der Waals surface area contributed by atoms with Crippen molar-refractivity contribution in [3.8, 4) is 0 Å². The van der Waals surface area contributed by atoms with Crippen molar-refractivity contribution in [2.24, 2.45) is 7.05 Å². The van der Waals surface area contributed by atoms with E-state index in [0.717, 1.165) is 17.8 Å². The molecule has 0 N–H and O–H groups in total. The number of carbonyl (C=O) groups is 2. The summed E-state index contributed by atoms with van der Waals surface area (Å²) in [4.78, 5) is 28.2. The van der Waals surface area contributed by atoms with Gasteiger partial charge in [0.25, 0.3) is 0 Å². The van der Waals surface area contributed by atoms with Gasteiger partial charge in [-0.05, 0) is 33.3 Å². The van der Waals surface area contributed by atoms with E-state index in [0.29, 0.717) is 19.5 Å². The van der Waals surface area contributed by atoms with E-state index in [-0.39, 0.29) is 30.2 Å². The third kappa shape index (κ3) is 2.92. The van der Waals surface area contributed by atoms with Crippen LogP contribution in [0, 0.1) is 6.92 Å². The molecule has 2 atom stereocenters. The molecule has 7 nitrogen and oxygen atoms in total. The van der Waals surface area contributed by atoms with E-state index in [4.69, 9.17) is 4.74 Å². The SMILES string of the molecule is Cc1cc(CN2C(=O)C[C@H]3[C@@H]2CCN3C(=O)OC(C)C)n(C)n1. The number of likely N-dealkylation sites (tertiary alicyclic amines) is 2. The van der Waals surface area contributed by atoms with Gasteiger partial charge in [-0.1, -0.05) is 0 Å². The molecule has 2 saturated heterocycles. The molecule has 0 spiro atoms. The van der Waals surface area contributed by atoms with Crippen molar-refractivity contribution >= 4 is 12.0 Å². The van der Waals surface area contributed by atoms with Gasteiger partial charge in [0.05, 0.1) is 36.1 Å². The van der Waals surface area contributed by atoms with Gasteiger partial charge in [0.1, 0.15) is 0 Å². The molecule has 0 aromatic carbocycles. The molecule has 2 aliphatic rings. The van der Waals surface area contributed by atoms with Gasteiger partial charge in [-0.3, -0.25) is 9.48 Å². The van der Waals surface area contributed by atoms with Crippen LogP contribution in [-0.4, -0.2) is 56.3 Å². The Bertz CT molecular complexity index is 625. The minimum absolute atomic E-state index is 0.0666. The molecule has 2 aliphatic heterocycles. The van der Waals surface area contributed by atoms with Gasteiger partial charge in [-0.15, -0.1) is 0 Å². The zero-order chi connectivity index (χ0) is 16.7. The van der Waals surface area contributed by atoms with E-state index in [2.05, 4.69) is 5.10 Å². The van der Waals surface area contributed by atoms with Gasteiger partial charge in [0.15, 0.2) is 0 Å². The molecule has 2 fully saturated rings. The van der Waals surface area contributed by atoms with Crippen LogP contribution in [0.4, 0.5) is 4.79 Å². The number of fused-ring (bicyclic) bond motifs is 1.